The zero-order valence-corrected chi connectivity index (χ0v) is 12.8. The minimum absolute atomic E-state index is 0.0468. The van der Waals surface area contributed by atoms with Crippen molar-refractivity contribution in [3.8, 4) is 11.8 Å². The summed E-state index contributed by atoms with van der Waals surface area (Å²) in [6.07, 6.45) is 5.18. The highest BCUT2D eigenvalue weighted by Gasteiger charge is 2.28. The molecule has 2 atom stereocenters. The Morgan fingerprint density at radius 1 is 1.52 bits per heavy atom. The first-order chi connectivity index (χ1) is 10.2. The summed E-state index contributed by atoms with van der Waals surface area (Å²) < 4.78 is 13.9. The number of amides is 1. The first-order valence-electron chi connectivity index (χ1n) is 6.98. The molecule has 1 aromatic carbocycles. The van der Waals surface area contributed by atoms with Crippen LogP contribution in [0.15, 0.2) is 18.2 Å². The first kappa shape index (κ1) is 15.9. The highest BCUT2D eigenvalue weighted by molar-refractivity contribution is 7.99. The van der Waals surface area contributed by atoms with Gasteiger partial charge in [0.25, 0.3) is 5.91 Å². The molecule has 0 aliphatic heterocycles. The lowest BCUT2D eigenvalue weighted by molar-refractivity contribution is 0.0934. The molecule has 21 heavy (non-hydrogen) atoms. The topological polar surface area (TPSA) is 55.1 Å². The number of carbonyl (C=O) groups is 1. The number of nitrogens with one attached hydrogen (secondary N) is 1. The van der Waals surface area contributed by atoms with Crippen LogP contribution < -0.4 is 11.1 Å². The van der Waals surface area contributed by atoms with Gasteiger partial charge in [0.2, 0.25) is 0 Å². The van der Waals surface area contributed by atoms with Crippen molar-refractivity contribution in [2.24, 2.45) is 5.73 Å². The van der Waals surface area contributed by atoms with Crippen molar-refractivity contribution in [1.29, 1.82) is 0 Å². The van der Waals surface area contributed by atoms with Crippen LogP contribution in [-0.2, 0) is 0 Å². The Labute approximate surface area is 128 Å². The quantitative estimate of drug-likeness (QED) is 0.841. The smallest absolute Gasteiger partial charge is 0.254 e. The Kier molecular flexibility index (Phi) is 5.66. The Hall–Kier alpha value is -1.51. The van der Waals surface area contributed by atoms with E-state index >= 15 is 0 Å². The van der Waals surface area contributed by atoms with Gasteiger partial charge in [0, 0.05) is 16.9 Å². The zero-order chi connectivity index (χ0) is 15.2. The summed E-state index contributed by atoms with van der Waals surface area (Å²) >= 11 is 1.75. The van der Waals surface area contributed by atoms with E-state index in [1.807, 2.05) is 6.26 Å². The second-order valence-electron chi connectivity index (χ2n) is 4.99. The number of rotatable bonds is 3. The van der Waals surface area contributed by atoms with E-state index in [1.165, 1.54) is 12.1 Å². The molecular weight excluding hydrogens is 287 g/mol. The average Bonchev–Trinajstić information content (AvgIpc) is 2.93. The van der Waals surface area contributed by atoms with Gasteiger partial charge in [-0.2, -0.15) is 11.8 Å². The van der Waals surface area contributed by atoms with Gasteiger partial charge >= 0.3 is 0 Å². The van der Waals surface area contributed by atoms with E-state index in [9.17, 15) is 9.18 Å². The van der Waals surface area contributed by atoms with Crippen LogP contribution in [0.2, 0.25) is 0 Å². The van der Waals surface area contributed by atoms with Crippen molar-refractivity contribution in [2.45, 2.75) is 30.6 Å². The van der Waals surface area contributed by atoms with E-state index in [4.69, 9.17) is 5.73 Å². The van der Waals surface area contributed by atoms with Gasteiger partial charge in [-0.05, 0) is 37.3 Å². The molecule has 1 saturated carbocycles. The average molecular weight is 306 g/mol. The van der Waals surface area contributed by atoms with E-state index in [-0.39, 0.29) is 24.1 Å². The van der Waals surface area contributed by atoms with Gasteiger partial charge in [-0.1, -0.05) is 18.3 Å². The fourth-order valence-corrected chi connectivity index (χ4v) is 3.48. The Morgan fingerprint density at radius 2 is 2.33 bits per heavy atom. The van der Waals surface area contributed by atoms with E-state index in [2.05, 4.69) is 17.2 Å². The minimum atomic E-state index is -0.524. The molecule has 0 saturated heterocycles. The number of carbonyl (C=O) groups excluding carboxylic acids is 1. The van der Waals surface area contributed by atoms with Crippen molar-refractivity contribution in [3.63, 3.8) is 0 Å². The normalized spacial score (nSPS) is 20.7. The fourth-order valence-electron chi connectivity index (χ4n) is 2.55. The van der Waals surface area contributed by atoms with Crippen molar-refractivity contribution in [3.05, 3.63) is 35.1 Å². The summed E-state index contributed by atoms with van der Waals surface area (Å²) in [5.74, 6) is 4.62. The highest BCUT2D eigenvalue weighted by Crippen LogP contribution is 2.28. The molecule has 0 spiro atoms. The van der Waals surface area contributed by atoms with Gasteiger partial charge in [0.1, 0.15) is 5.82 Å². The largest absolute Gasteiger partial charge is 0.348 e. The molecule has 1 amide bonds. The van der Waals surface area contributed by atoms with Crippen LogP contribution >= 0.6 is 11.8 Å². The number of nitrogens with two attached hydrogens (primary N) is 1. The number of halogens is 1. The number of hydrogen-bond donors (Lipinski definition) is 2. The summed E-state index contributed by atoms with van der Waals surface area (Å²) in [4.78, 5) is 12.3. The number of benzene rings is 1. The second kappa shape index (κ2) is 7.48. The predicted molar refractivity (Wildman–Crippen MR) is 84.7 cm³/mol. The fraction of sp³-hybridized carbons (Fsp3) is 0.438. The maximum atomic E-state index is 13.9. The Bertz CT molecular complexity index is 579. The molecule has 3 nitrogen and oxygen atoms in total. The van der Waals surface area contributed by atoms with E-state index in [0.29, 0.717) is 10.8 Å². The van der Waals surface area contributed by atoms with Crippen LogP contribution in [-0.4, -0.2) is 30.0 Å². The van der Waals surface area contributed by atoms with Crippen LogP contribution in [0.4, 0.5) is 4.39 Å². The van der Waals surface area contributed by atoms with Gasteiger partial charge in [-0.15, -0.1) is 0 Å². The van der Waals surface area contributed by atoms with Crippen LogP contribution in [0.25, 0.3) is 0 Å². The molecule has 0 bridgehead atoms. The third kappa shape index (κ3) is 3.99. The molecule has 2 unspecified atom stereocenters. The number of thioether (sulfide) groups is 1. The highest BCUT2D eigenvalue weighted by atomic mass is 32.2. The van der Waals surface area contributed by atoms with Gasteiger partial charge in [-0.3, -0.25) is 4.79 Å². The van der Waals surface area contributed by atoms with Crippen LogP contribution in [0, 0.1) is 17.7 Å². The lowest BCUT2D eigenvalue weighted by Gasteiger charge is -2.19. The van der Waals surface area contributed by atoms with Crippen LogP contribution in [0.5, 0.6) is 0 Å². The maximum Gasteiger partial charge on any atom is 0.254 e. The summed E-state index contributed by atoms with van der Waals surface area (Å²) in [6, 6.07) is 4.42. The van der Waals surface area contributed by atoms with E-state index in [0.717, 1.165) is 19.3 Å². The van der Waals surface area contributed by atoms with Crippen molar-refractivity contribution in [1.82, 2.24) is 5.32 Å². The van der Waals surface area contributed by atoms with Gasteiger partial charge in [-0.25, -0.2) is 4.39 Å². The van der Waals surface area contributed by atoms with Crippen molar-refractivity contribution < 1.29 is 9.18 Å². The molecule has 2 rings (SSSR count). The maximum absolute atomic E-state index is 13.9. The number of hydrogen-bond acceptors (Lipinski definition) is 3. The summed E-state index contributed by atoms with van der Waals surface area (Å²) in [6.45, 7) is 0.233. The Balaban J connectivity index is 2.14. The molecule has 1 fully saturated rings. The van der Waals surface area contributed by atoms with Crippen molar-refractivity contribution in [2.75, 3.05) is 12.8 Å². The standard InChI is InChI=1S/C16H19FN2OS/c1-21-15-6-2-5-14(15)19-16(20)12-10-11(4-3-9-18)7-8-13(12)17/h7-8,10,14-15H,2,5-6,9,18H2,1H3,(H,19,20). The molecular formula is C16H19FN2OS. The van der Waals surface area contributed by atoms with Gasteiger partial charge in [0.15, 0.2) is 0 Å². The van der Waals surface area contributed by atoms with Gasteiger partial charge < -0.3 is 11.1 Å². The van der Waals surface area contributed by atoms with E-state index < -0.39 is 5.82 Å². The minimum Gasteiger partial charge on any atom is -0.348 e. The molecule has 1 aliphatic carbocycles. The van der Waals surface area contributed by atoms with E-state index in [1.54, 1.807) is 17.8 Å². The van der Waals surface area contributed by atoms with Gasteiger partial charge in [0.05, 0.1) is 12.1 Å². The third-order valence-corrected chi connectivity index (χ3v) is 4.79. The third-order valence-electron chi connectivity index (χ3n) is 3.62. The zero-order valence-electron chi connectivity index (χ0n) is 12.0. The molecule has 112 valence electrons. The molecule has 1 aromatic rings. The SMILES string of the molecule is CSC1CCCC1NC(=O)c1cc(C#CCN)ccc1F. The molecule has 5 heteroatoms. The summed E-state index contributed by atoms with van der Waals surface area (Å²) in [5.41, 5.74) is 5.96. The summed E-state index contributed by atoms with van der Waals surface area (Å²) in [7, 11) is 0. The second-order valence-corrected chi connectivity index (χ2v) is 6.06. The summed E-state index contributed by atoms with van der Waals surface area (Å²) in [5, 5.41) is 3.36. The predicted octanol–water partition coefficient (Wildman–Crippen LogP) is 2.15. The van der Waals surface area contributed by atoms with Crippen LogP contribution in [0.1, 0.15) is 35.2 Å². The van der Waals surface area contributed by atoms with Crippen molar-refractivity contribution >= 4 is 17.7 Å². The molecule has 0 radical (unpaired) electrons. The monoisotopic (exact) mass is 306 g/mol. The Morgan fingerprint density at radius 3 is 3.05 bits per heavy atom. The molecule has 3 N–H and O–H groups in total. The molecule has 0 heterocycles. The molecule has 1 aliphatic rings. The molecule has 0 aromatic heterocycles. The van der Waals surface area contributed by atoms with Crippen LogP contribution in [0.3, 0.4) is 0 Å². The lowest BCUT2D eigenvalue weighted by Crippen LogP contribution is -2.39. The lowest BCUT2D eigenvalue weighted by atomic mass is 10.1. The first-order valence-corrected chi connectivity index (χ1v) is 8.26.